The molecule has 0 saturated carbocycles. The largest absolute Gasteiger partial charge is 0.493 e. The van der Waals surface area contributed by atoms with Crippen molar-refractivity contribution in [3.8, 4) is 11.5 Å². The summed E-state index contributed by atoms with van der Waals surface area (Å²) < 4.78 is 16.6. The zero-order chi connectivity index (χ0) is 18.2. The van der Waals surface area contributed by atoms with E-state index >= 15 is 0 Å². The van der Waals surface area contributed by atoms with Gasteiger partial charge in [-0.05, 0) is 23.3 Å². The van der Waals surface area contributed by atoms with Crippen molar-refractivity contribution >= 4 is 5.91 Å². The van der Waals surface area contributed by atoms with Gasteiger partial charge in [0.15, 0.2) is 11.5 Å². The van der Waals surface area contributed by atoms with E-state index in [2.05, 4.69) is 10.6 Å². The Hall–Kier alpha value is -2.57. The topological polar surface area (TPSA) is 68.8 Å². The first-order valence-electron chi connectivity index (χ1n) is 8.69. The Morgan fingerprint density at radius 2 is 2.04 bits per heavy atom. The lowest BCUT2D eigenvalue weighted by Gasteiger charge is -2.23. The minimum absolute atomic E-state index is 0.0620. The van der Waals surface area contributed by atoms with E-state index in [-0.39, 0.29) is 11.9 Å². The fourth-order valence-corrected chi connectivity index (χ4v) is 2.72. The number of hydrogen-bond acceptors (Lipinski definition) is 5. The molecule has 1 aliphatic heterocycles. The molecule has 138 valence electrons. The lowest BCUT2D eigenvalue weighted by atomic mass is 10.2. The first kappa shape index (κ1) is 18.2. The first-order valence-corrected chi connectivity index (χ1v) is 8.69. The monoisotopic (exact) mass is 356 g/mol. The highest BCUT2D eigenvalue weighted by Crippen LogP contribution is 2.28. The molecule has 1 heterocycles. The van der Waals surface area contributed by atoms with E-state index in [1.807, 2.05) is 48.5 Å². The zero-order valence-corrected chi connectivity index (χ0v) is 14.9. The summed E-state index contributed by atoms with van der Waals surface area (Å²) in [6, 6.07) is 15.3. The molecular weight excluding hydrogens is 332 g/mol. The smallest absolute Gasteiger partial charge is 0.239 e. The number of methoxy groups -OCH3 is 1. The highest BCUT2D eigenvalue weighted by molar-refractivity contribution is 5.82. The molecule has 1 fully saturated rings. The molecule has 26 heavy (non-hydrogen) atoms. The summed E-state index contributed by atoms with van der Waals surface area (Å²) in [7, 11) is 1.61. The molecule has 1 aliphatic rings. The number of hydrogen-bond donors (Lipinski definition) is 2. The fraction of sp³-hybridized carbons (Fsp3) is 0.350. The Kier molecular flexibility index (Phi) is 6.46. The summed E-state index contributed by atoms with van der Waals surface area (Å²) in [5.41, 5.74) is 2.03. The van der Waals surface area contributed by atoms with Crippen LogP contribution in [0.25, 0.3) is 0 Å². The second-order valence-corrected chi connectivity index (χ2v) is 6.06. The third kappa shape index (κ3) is 4.97. The van der Waals surface area contributed by atoms with Crippen molar-refractivity contribution in [3.05, 3.63) is 59.7 Å². The summed E-state index contributed by atoms with van der Waals surface area (Å²) in [4.78, 5) is 12.1. The van der Waals surface area contributed by atoms with E-state index < -0.39 is 0 Å². The molecule has 1 atom stereocenters. The second-order valence-electron chi connectivity index (χ2n) is 6.06. The molecule has 3 rings (SSSR count). The third-order valence-electron chi connectivity index (χ3n) is 4.17. The third-order valence-corrected chi connectivity index (χ3v) is 4.17. The van der Waals surface area contributed by atoms with Gasteiger partial charge in [-0.3, -0.25) is 4.79 Å². The van der Waals surface area contributed by atoms with Crippen molar-refractivity contribution in [3.63, 3.8) is 0 Å². The first-order chi connectivity index (χ1) is 12.8. The van der Waals surface area contributed by atoms with Gasteiger partial charge in [0, 0.05) is 13.1 Å². The number of ether oxygens (including phenoxy) is 3. The summed E-state index contributed by atoms with van der Waals surface area (Å²) in [6.45, 7) is 2.64. The summed E-state index contributed by atoms with van der Waals surface area (Å²) in [6.07, 6.45) is 0. The van der Waals surface area contributed by atoms with E-state index in [9.17, 15) is 4.79 Å². The quantitative estimate of drug-likeness (QED) is 0.793. The van der Waals surface area contributed by atoms with Crippen LogP contribution in [0, 0.1) is 0 Å². The van der Waals surface area contributed by atoms with Crippen LogP contribution in [0.15, 0.2) is 48.5 Å². The van der Waals surface area contributed by atoms with Crippen LogP contribution in [-0.2, 0) is 22.7 Å². The molecule has 1 unspecified atom stereocenters. The van der Waals surface area contributed by atoms with Crippen LogP contribution in [0.4, 0.5) is 0 Å². The Bertz CT molecular complexity index is 715. The number of morpholine rings is 1. The molecule has 6 heteroatoms. The number of carbonyl (C=O) groups excluding carboxylic acids is 1. The van der Waals surface area contributed by atoms with Crippen LogP contribution in [0.5, 0.6) is 11.5 Å². The van der Waals surface area contributed by atoms with Gasteiger partial charge in [0.1, 0.15) is 12.6 Å². The molecule has 0 bridgehead atoms. The maximum absolute atomic E-state index is 12.1. The van der Waals surface area contributed by atoms with Gasteiger partial charge < -0.3 is 24.8 Å². The summed E-state index contributed by atoms with van der Waals surface area (Å²) in [5, 5.41) is 6.06. The van der Waals surface area contributed by atoms with Crippen LogP contribution in [0.1, 0.15) is 11.1 Å². The van der Waals surface area contributed by atoms with Crippen molar-refractivity contribution in [2.45, 2.75) is 19.2 Å². The highest BCUT2D eigenvalue weighted by atomic mass is 16.5. The van der Waals surface area contributed by atoms with Crippen molar-refractivity contribution in [1.82, 2.24) is 10.6 Å². The van der Waals surface area contributed by atoms with E-state index in [1.54, 1.807) is 7.11 Å². The van der Waals surface area contributed by atoms with Gasteiger partial charge >= 0.3 is 0 Å². The Morgan fingerprint density at radius 3 is 2.77 bits per heavy atom. The van der Waals surface area contributed by atoms with Gasteiger partial charge in [0.05, 0.1) is 20.3 Å². The standard InChI is InChI=1S/C20H24N2O4/c1-24-19-11-16(12-22-20(23)17-14-25-10-9-21-17)7-8-18(19)26-13-15-5-3-2-4-6-15/h2-8,11,17,21H,9-10,12-14H2,1H3,(H,22,23). The molecular formula is C20H24N2O4. The van der Waals surface area contributed by atoms with Crippen molar-refractivity contribution in [1.29, 1.82) is 0 Å². The highest BCUT2D eigenvalue weighted by Gasteiger charge is 2.20. The van der Waals surface area contributed by atoms with Crippen LogP contribution >= 0.6 is 0 Å². The van der Waals surface area contributed by atoms with E-state index in [4.69, 9.17) is 14.2 Å². The van der Waals surface area contributed by atoms with E-state index in [0.717, 1.165) is 11.1 Å². The zero-order valence-electron chi connectivity index (χ0n) is 14.9. The van der Waals surface area contributed by atoms with Crippen molar-refractivity contribution < 1.29 is 19.0 Å². The molecule has 0 aromatic heterocycles. The molecule has 0 aliphatic carbocycles. The van der Waals surface area contributed by atoms with Gasteiger partial charge in [-0.2, -0.15) is 0 Å². The van der Waals surface area contributed by atoms with Gasteiger partial charge in [-0.25, -0.2) is 0 Å². The van der Waals surface area contributed by atoms with Crippen LogP contribution in [0.2, 0.25) is 0 Å². The van der Waals surface area contributed by atoms with E-state index in [0.29, 0.717) is 44.4 Å². The van der Waals surface area contributed by atoms with Gasteiger partial charge in [-0.1, -0.05) is 36.4 Å². The molecule has 1 saturated heterocycles. The summed E-state index contributed by atoms with van der Waals surface area (Å²) >= 11 is 0. The molecule has 1 amide bonds. The predicted molar refractivity (Wildman–Crippen MR) is 98.2 cm³/mol. The van der Waals surface area contributed by atoms with E-state index in [1.165, 1.54) is 0 Å². The Balaban J connectivity index is 1.56. The van der Waals surface area contributed by atoms with Gasteiger partial charge in [0.2, 0.25) is 5.91 Å². The van der Waals surface area contributed by atoms with Crippen LogP contribution in [-0.4, -0.2) is 38.8 Å². The number of nitrogens with one attached hydrogen (secondary N) is 2. The SMILES string of the molecule is COc1cc(CNC(=O)C2COCCN2)ccc1OCc1ccccc1. The number of carbonyl (C=O) groups is 1. The van der Waals surface area contributed by atoms with Crippen molar-refractivity contribution in [2.24, 2.45) is 0 Å². The van der Waals surface area contributed by atoms with Gasteiger partial charge in [0.25, 0.3) is 0 Å². The van der Waals surface area contributed by atoms with Crippen molar-refractivity contribution in [2.75, 3.05) is 26.9 Å². The Labute approximate surface area is 153 Å². The average Bonchev–Trinajstić information content (AvgIpc) is 2.72. The number of benzene rings is 2. The normalized spacial score (nSPS) is 16.7. The lowest BCUT2D eigenvalue weighted by molar-refractivity contribution is -0.126. The Morgan fingerprint density at radius 1 is 1.19 bits per heavy atom. The molecule has 0 radical (unpaired) electrons. The summed E-state index contributed by atoms with van der Waals surface area (Å²) in [5.74, 6) is 1.26. The minimum Gasteiger partial charge on any atom is -0.493 e. The predicted octanol–water partition coefficient (Wildman–Crippen LogP) is 1.88. The fourth-order valence-electron chi connectivity index (χ4n) is 2.72. The lowest BCUT2D eigenvalue weighted by Crippen LogP contribution is -2.51. The maximum atomic E-state index is 12.1. The number of amides is 1. The average molecular weight is 356 g/mol. The molecule has 0 spiro atoms. The second kappa shape index (κ2) is 9.22. The maximum Gasteiger partial charge on any atom is 0.239 e. The molecule has 2 N–H and O–H groups in total. The van der Waals surface area contributed by atoms with Gasteiger partial charge in [-0.15, -0.1) is 0 Å². The van der Waals surface area contributed by atoms with Crippen LogP contribution in [0.3, 0.4) is 0 Å². The molecule has 2 aromatic carbocycles. The molecule has 2 aromatic rings. The van der Waals surface area contributed by atoms with Crippen LogP contribution < -0.4 is 20.1 Å². The number of rotatable bonds is 7. The molecule has 6 nitrogen and oxygen atoms in total. The minimum atomic E-state index is -0.292.